The number of nitrogens with one attached hydrogen (secondary N) is 1. The highest BCUT2D eigenvalue weighted by molar-refractivity contribution is 9.13. The Morgan fingerprint density at radius 3 is 2.29 bits per heavy atom. The van der Waals surface area contributed by atoms with Crippen LogP contribution in [0.25, 0.3) is 0 Å². The van der Waals surface area contributed by atoms with E-state index in [0.717, 1.165) is 14.9 Å². The van der Waals surface area contributed by atoms with Crippen molar-refractivity contribution in [1.82, 2.24) is 0 Å². The van der Waals surface area contributed by atoms with Gasteiger partial charge in [0, 0.05) is 5.69 Å². The number of hydrogen-bond donors (Lipinski definition) is 1. The number of hydrogen-bond acceptors (Lipinski definition) is 2. The highest BCUT2D eigenvalue weighted by Gasteiger charge is 2.11. The summed E-state index contributed by atoms with van der Waals surface area (Å²) in [6.45, 7) is 9.58. The van der Waals surface area contributed by atoms with E-state index >= 15 is 0 Å². The van der Waals surface area contributed by atoms with Crippen molar-refractivity contribution in [2.24, 2.45) is 0 Å². The third kappa shape index (κ3) is 4.13. The lowest BCUT2D eigenvalue weighted by Gasteiger charge is -2.17. The summed E-state index contributed by atoms with van der Waals surface area (Å²) >= 11 is 6.80. The van der Waals surface area contributed by atoms with Gasteiger partial charge in [-0.3, -0.25) is 0 Å². The zero-order valence-electron chi connectivity index (χ0n) is 12.8. The fourth-order valence-corrected chi connectivity index (χ4v) is 2.90. The molecule has 1 heterocycles. The van der Waals surface area contributed by atoms with Crippen LogP contribution in [0, 0.1) is 0 Å². The first-order chi connectivity index (χ1) is 9.88. The van der Waals surface area contributed by atoms with Gasteiger partial charge >= 0.3 is 0 Å². The zero-order chi connectivity index (χ0) is 15.6. The molecule has 0 aliphatic heterocycles. The van der Waals surface area contributed by atoms with Gasteiger partial charge in [0.05, 0.1) is 11.0 Å². The Labute approximate surface area is 143 Å². The van der Waals surface area contributed by atoms with Crippen LogP contribution in [-0.4, -0.2) is 0 Å². The van der Waals surface area contributed by atoms with Gasteiger partial charge in [-0.2, -0.15) is 0 Å². The Bertz CT molecular complexity index is 598. The molecule has 0 saturated heterocycles. The van der Waals surface area contributed by atoms with Crippen molar-refractivity contribution in [3.63, 3.8) is 0 Å². The standard InChI is InChI=1S/C17H21Br2NO/c1-10(2)12-5-6-16(14(7-12)11(3)4)20-9-13-8-15(18)17(19)21-13/h5-8,10-11,20H,9H2,1-4H3. The second-order valence-corrected chi connectivity index (χ2v) is 7.42. The second kappa shape index (κ2) is 7.01. The van der Waals surface area contributed by atoms with Crippen molar-refractivity contribution in [3.05, 3.63) is 50.3 Å². The third-order valence-electron chi connectivity index (χ3n) is 3.51. The van der Waals surface area contributed by atoms with Crippen LogP contribution < -0.4 is 5.32 Å². The molecule has 1 aromatic carbocycles. The van der Waals surface area contributed by atoms with Crippen LogP contribution in [0.4, 0.5) is 5.69 Å². The molecule has 0 radical (unpaired) electrons. The average Bonchev–Trinajstić information content (AvgIpc) is 2.75. The fraction of sp³-hybridized carbons (Fsp3) is 0.412. The van der Waals surface area contributed by atoms with E-state index in [1.54, 1.807) is 0 Å². The number of rotatable bonds is 5. The van der Waals surface area contributed by atoms with Gasteiger partial charge in [0.2, 0.25) is 0 Å². The number of furan rings is 1. The number of halogens is 2. The van der Waals surface area contributed by atoms with Crippen LogP contribution in [0.3, 0.4) is 0 Å². The van der Waals surface area contributed by atoms with Crippen LogP contribution in [0.2, 0.25) is 0 Å². The first-order valence-corrected chi connectivity index (χ1v) is 8.78. The maximum absolute atomic E-state index is 5.61. The highest BCUT2D eigenvalue weighted by Crippen LogP contribution is 2.30. The molecular weight excluding hydrogens is 394 g/mol. The molecule has 1 aromatic heterocycles. The third-order valence-corrected chi connectivity index (χ3v) is 5.22. The van der Waals surface area contributed by atoms with Crippen LogP contribution in [-0.2, 0) is 6.54 Å². The van der Waals surface area contributed by atoms with Crippen LogP contribution in [0.15, 0.2) is 37.8 Å². The molecule has 21 heavy (non-hydrogen) atoms. The summed E-state index contributed by atoms with van der Waals surface area (Å²) in [4.78, 5) is 0. The van der Waals surface area contributed by atoms with E-state index < -0.39 is 0 Å². The van der Waals surface area contributed by atoms with Crippen molar-refractivity contribution >= 4 is 37.5 Å². The zero-order valence-corrected chi connectivity index (χ0v) is 16.0. The predicted molar refractivity (Wildman–Crippen MR) is 96.1 cm³/mol. The highest BCUT2D eigenvalue weighted by atomic mass is 79.9. The van der Waals surface area contributed by atoms with E-state index in [9.17, 15) is 0 Å². The lowest BCUT2D eigenvalue weighted by Crippen LogP contribution is -2.04. The molecule has 0 unspecified atom stereocenters. The van der Waals surface area contributed by atoms with Crippen molar-refractivity contribution in [2.75, 3.05) is 5.32 Å². The monoisotopic (exact) mass is 413 g/mol. The molecule has 0 saturated carbocycles. The van der Waals surface area contributed by atoms with Gasteiger partial charge in [0.1, 0.15) is 5.76 Å². The lowest BCUT2D eigenvalue weighted by atomic mass is 9.94. The maximum Gasteiger partial charge on any atom is 0.183 e. The SMILES string of the molecule is CC(C)c1ccc(NCc2cc(Br)c(Br)o2)c(C(C)C)c1. The summed E-state index contributed by atoms with van der Waals surface area (Å²) in [5.74, 6) is 1.94. The molecule has 0 spiro atoms. The van der Waals surface area contributed by atoms with Gasteiger partial charge in [-0.05, 0) is 67.0 Å². The molecule has 0 aliphatic carbocycles. The predicted octanol–water partition coefficient (Wildman–Crippen LogP) is 6.66. The maximum atomic E-state index is 5.61. The van der Waals surface area contributed by atoms with Crippen molar-refractivity contribution < 1.29 is 4.42 Å². The summed E-state index contributed by atoms with van der Waals surface area (Å²) in [6.07, 6.45) is 0. The molecule has 0 bridgehead atoms. The van der Waals surface area contributed by atoms with Gasteiger partial charge in [-0.1, -0.05) is 39.8 Å². The Balaban J connectivity index is 2.19. The molecule has 0 amide bonds. The van der Waals surface area contributed by atoms with Gasteiger partial charge in [-0.15, -0.1) is 0 Å². The normalized spacial score (nSPS) is 11.4. The number of benzene rings is 1. The molecular formula is C17H21Br2NO. The summed E-state index contributed by atoms with van der Waals surface area (Å²) in [5, 5.41) is 3.48. The summed E-state index contributed by atoms with van der Waals surface area (Å²) in [6, 6.07) is 8.67. The first kappa shape index (κ1) is 16.6. The quantitative estimate of drug-likeness (QED) is 0.591. The van der Waals surface area contributed by atoms with Gasteiger partial charge in [0.15, 0.2) is 4.67 Å². The fourth-order valence-electron chi connectivity index (χ4n) is 2.24. The van der Waals surface area contributed by atoms with Crippen molar-refractivity contribution in [1.29, 1.82) is 0 Å². The minimum absolute atomic E-state index is 0.487. The minimum atomic E-state index is 0.487. The molecule has 2 nitrogen and oxygen atoms in total. The van der Waals surface area contributed by atoms with Gasteiger partial charge in [0.25, 0.3) is 0 Å². The molecule has 0 fully saturated rings. The molecule has 114 valence electrons. The lowest BCUT2D eigenvalue weighted by molar-refractivity contribution is 0.494. The van der Waals surface area contributed by atoms with Gasteiger partial charge in [-0.25, -0.2) is 0 Å². The van der Waals surface area contributed by atoms with Crippen LogP contribution >= 0.6 is 31.9 Å². The van der Waals surface area contributed by atoms with E-state index in [1.165, 1.54) is 16.8 Å². The molecule has 0 atom stereocenters. The first-order valence-electron chi connectivity index (χ1n) is 7.20. The molecule has 0 aliphatic rings. The topological polar surface area (TPSA) is 25.2 Å². The largest absolute Gasteiger partial charge is 0.451 e. The molecule has 1 N–H and O–H groups in total. The van der Waals surface area contributed by atoms with Crippen LogP contribution in [0.1, 0.15) is 56.4 Å². The summed E-state index contributed by atoms with van der Waals surface area (Å²) in [5.41, 5.74) is 3.91. The Morgan fingerprint density at radius 2 is 1.76 bits per heavy atom. The average molecular weight is 415 g/mol. The smallest absolute Gasteiger partial charge is 0.183 e. The van der Waals surface area contributed by atoms with E-state index in [4.69, 9.17) is 4.42 Å². The Hall–Kier alpha value is -0.740. The van der Waals surface area contributed by atoms with E-state index in [1.807, 2.05) is 6.07 Å². The van der Waals surface area contributed by atoms with E-state index in [0.29, 0.717) is 18.4 Å². The number of anilines is 1. The minimum Gasteiger partial charge on any atom is -0.451 e. The van der Waals surface area contributed by atoms with Crippen molar-refractivity contribution in [2.45, 2.75) is 46.1 Å². The van der Waals surface area contributed by atoms with Crippen LogP contribution in [0.5, 0.6) is 0 Å². The second-order valence-electron chi connectivity index (χ2n) is 5.84. The van der Waals surface area contributed by atoms with Gasteiger partial charge < -0.3 is 9.73 Å². The molecule has 2 aromatic rings. The summed E-state index contributed by atoms with van der Waals surface area (Å²) in [7, 11) is 0. The Kier molecular flexibility index (Phi) is 5.55. The van der Waals surface area contributed by atoms with Crippen molar-refractivity contribution in [3.8, 4) is 0 Å². The molecule has 4 heteroatoms. The Morgan fingerprint density at radius 1 is 1.05 bits per heavy atom. The van der Waals surface area contributed by atoms with E-state index in [2.05, 4.69) is 83.1 Å². The molecule has 2 rings (SSSR count). The van der Waals surface area contributed by atoms with E-state index in [-0.39, 0.29) is 0 Å². The summed E-state index contributed by atoms with van der Waals surface area (Å²) < 4.78 is 7.28.